The van der Waals surface area contributed by atoms with Crippen molar-refractivity contribution >= 4 is 150 Å². The average molecular weight is 1450 g/mol. The SMILES string of the molecule is CC1=NN(c2ccc(C=Cc3ccc(N=c4[nH]c(=Nc5ccccc5)[nH]c(=Nc5ccc(C=Cc6ccc(N7N=C(C)C(N=Nc8ccc(S(=O)(=O)O)cc8C(=O)O)C7=O)cc6S(=O)(=O)O)c(S(=O)(=O)O)c5)[nH]4)cc3S(=O)(=O)O)c(S(=O)(=O)O)c2)C(=O)C1N=Nc1ccccc1C(=O)O. The average Bonchev–Trinajstić information content (AvgIpc) is 1.74. The summed E-state index contributed by atoms with van der Waals surface area (Å²) in [5.74, 6) is -4.72. The first-order valence-electron chi connectivity index (χ1n) is 27.7. The van der Waals surface area contributed by atoms with Gasteiger partial charge in [0.1, 0.15) is 19.6 Å². The minimum absolute atomic E-state index is 0.0344. The molecule has 1 aromatic heterocycles. The van der Waals surface area contributed by atoms with Gasteiger partial charge in [0.2, 0.25) is 16.9 Å². The molecule has 0 saturated carbocycles. The summed E-state index contributed by atoms with van der Waals surface area (Å²) in [6, 6.07) is 26.5. The van der Waals surface area contributed by atoms with Crippen LogP contribution in [-0.2, 0) is 60.2 Å². The number of aromatic carboxylic acids is 2. The molecule has 508 valence electrons. The van der Waals surface area contributed by atoms with Gasteiger partial charge in [0.15, 0.2) is 12.1 Å². The Balaban J connectivity index is 0.939. The molecule has 10 N–H and O–H groups in total. The van der Waals surface area contributed by atoms with Crippen molar-refractivity contribution in [3.05, 3.63) is 196 Å². The van der Waals surface area contributed by atoms with E-state index in [9.17, 15) is 94.2 Å². The number of carbonyl (C=O) groups is 4. The minimum atomic E-state index is -5.17. The highest BCUT2D eigenvalue weighted by Gasteiger charge is 2.37. The monoisotopic (exact) mass is 1450 g/mol. The van der Waals surface area contributed by atoms with Crippen LogP contribution in [0.3, 0.4) is 0 Å². The molecule has 3 heterocycles. The lowest BCUT2D eigenvalue weighted by molar-refractivity contribution is -0.118. The molecule has 40 heteroatoms. The minimum Gasteiger partial charge on any atom is -0.478 e. The molecule has 2 aliphatic rings. The summed E-state index contributed by atoms with van der Waals surface area (Å²) in [5.41, 5.74) is -3.29. The van der Waals surface area contributed by atoms with E-state index in [1.54, 1.807) is 30.3 Å². The fourth-order valence-corrected chi connectivity index (χ4v) is 12.8. The molecule has 2 unspecified atom stereocenters. The number of nitrogens with one attached hydrogen (secondary N) is 3. The van der Waals surface area contributed by atoms with Crippen molar-refractivity contribution in [2.24, 2.45) is 45.6 Å². The number of amides is 2. The Morgan fingerprint density at radius 3 is 1.18 bits per heavy atom. The highest BCUT2D eigenvalue weighted by molar-refractivity contribution is 7.87. The number of carboxylic acid groups (broad SMARTS) is 2. The van der Waals surface area contributed by atoms with Crippen LogP contribution in [0.25, 0.3) is 24.3 Å². The first kappa shape index (κ1) is 70.2. The van der Waals surface area contributed by atoms with Gasteiger partial charge >= 0.3 is 11.9 Å². The maximum Gasteiger partial charge on any atom is 0.338 e. The zero-order valence-corrected chi connectivity index (χ0v) is 54.2. The van der Waals surface area contributed by atoms with Crippen molar-refractivity contribution in [1.82, 2.24) is 15.0 Å². The van der Waals surface area contributed by atoms with Crippen LogP contribution in [0, 0.1) is 0 Å². The Morgan fingerprint density at radius 1 is 0.424 bits per heavy atom. The molecule has 35 nitrogen and oxygen atoms in total. The lowest BCUT2D eigenvalue weighted by atomic mass is 10.1. The van der Waals surface area contributed by atoms with E-state index in [0.29, 0.717) is 16.8 Å². The number of carboxylic acids is 2. The van der Waals surface area contributed by atoms with Crippen LogP contribution in [-0.4, -0.2) is 137 Å². The van der Waals surface area contributed by atoms with E-state index in [2.05, 4.69) is 60.6 Å². The number of aromatic nitrogens is 3. The number of azo groups is 2. The second kappa shape index (κ2) is 27.5. The normalized spacial score (nSPS) is 16.3. The number of aromatic amines is 3. The van der Waals surface area contributed by atoms with E-state index in [4.69, 9.17) is 0 Å². The van der Waals surface area contributed by atoms with Gasteiger partial charge < -0.3 is 10.2 Å². The van der Waals surface area contributed by atoms with E-state index < -0.39 is 122 Å². The third kappa shape index (κ3) is 16.3. The molecule has 99 heavy (non-hydrogen) atoms. The van der Waals surface area contributed by atoms with Gasteiger partial charge in [0.25, 0.3) is 62.4 Å². The van der Waals surface area contributed by atoms with Crippen LogP contribution in [0.2, 0.25) is 0 Å². The molecule has 8 aromatic rings. The highest BCUT2D eigenvalue weighted by Crippen LogP contribution is 2.34. The summed E-state index contributed by atoms with van der Waals surface area (Å²) in [5, 5.41) is 44.5. The molecule has 0 aliphatic carbocycles. The molecule has 0 spiro atoms. The predicted octanol–water partition coefficient (Wildman–Crippen LogP) is 7.09. The molecular formula is C59H46N14O21S5. The number of H-pyrrole nitrogens is 3. The van der Waals surface area contributed by atoms with Crippen molar-refractivity contribution in [2.75, 3.05) is 10.0 Å². The van der Waals surface area contributed by atoms with Gasteiger partial charge in [-0.15, -0.1) is 0 Å². The first-order chi connectivity index (χ1) is 46.5. The Labute approximate surface area is 557 Å². The molecule has 2 atom stereocenters. The summed E-state index contributed by atoms with van der Waals surface area (Å²) in [6.07, 6.45) is 4.27. The lowest BCUT2D eigenvalue weighted by Gasteiger charge is -2.14. The summed E-state index contributed by atoms with van der Waals surface area (Å²) in [7, 11) is -25.4. The van der Waals surface area contributed by atoms with E-state index in [0.717, 1.165) is 83.9 Å². The number of para-hydroxylation sites is 1. The van der Waals surface area contributed by atoms with Gasteiger partial charge in [-0.25, -0.2) is 24.6 Å². The molecule has 0 saturated heterocycles. The van der Waals surface area contributed by atoms with E-state index in [1.165, 1.54) is 68.4 Å². The van der Waals surface area contributed by atoms with Crippen LogP contribution in [0.1, 0.15) is 56.8 Å². The molecule has 7 aromatic carbocycles. The predicted molar refractivity (Wildman–Crippen MR) is 349 cm³/mol. The zero-order valence-electron chi connectivity index (χ0n) is 50.1. The third-order valence-electron chi connectivity index (χ3n) is 14.0. The Hall–Kier alpha value is -11.6. The molecular weight excluding hydrogens is 1400 g/mol. The Bertz CT molecular complexity index is 5790. The summed E-state index contributed by atoms with van der Waals surface area (Å²) in [4.78, 5) is 68.6. The fourth-order valence-electron chi connectivity index (χ4n) is 9.45. The number of hydrogen-bond acceptors (Lipinski definition) is 23. The molecule has 10 rings (SSSR count). The summed E-state index contributed by atoms with van der Waals surface area (Å²) in [6.45, 7) is 2.75. The maximum absolute atomic E-state index is 13.6. The number of anilines is 2. The van der Waals surface area contributed by atoms with Crippen molar-refractivity contribution < 1.29 is 94.2 Å². The maximum atomic E-state index is 13.6. The molecule has 2 amide bonds. The summed E-state index contributed by atoms with van der Waals surface area (Å²) < 4.78 is 178. The van der Waals surface area contributed by atoms with Crippen molar-refractivity contribution in [2.45, 2.75) is 50.4 Å². The van der Waals surface area contributed by atoms with Crippen molar-refractivity contribution in [3.8, 4) is 0 Å². The van der Waals surface area contributed by atoms with Crippen molar-refractivity contribution in [1.29, 1.82) is 0 Å². The first-order valence-corrected chi connectivity index (χ1v) is 34.9. The van der Waals surface area contributed by atoms with E-state index >= 15 is 0 Å². The van der Waals surface area contributed by atoms with Crippen molar-refractivity contribution in [3.63, 3.8) is 0 Å². The van der Waals surface area contributed by atoms with Crippen LogP contribution in [0.4, 0.5) is 39.8 Å². The van der Waals surface area contributed by atoms with Gasteiger partial charge in [0.05, 0.1) is 67.3 Å². The van der Waals surface area contributed by atoms with Crippen LogP contribution in [0.5, 0.6) is 0 Å². The molecule has 0 bridgehead atoms. The highest BCUT2D eigenvalue weighted by atomic mass is 32.2. The standard InChI is InChI=1S/C59H46N14O21S5/c1-31-51(68-66-45-11-7-6-10-43(45)55(76)77)53(74)72(70-31)40-22-18-35(49(28-40)98(89,90)91)14-12-33-16-20-38(26-47(33)96(83,84)85)61-58-63-57(60-37-8-4-3-5-9-37)64-59(65-58)62-39-21-17-34(48(27-39)97(86,87)88)13-15-36-19-23-41(29-50(36)99(92,93)94)73-54(75)52(32(2)71-73)69-67-46-25-24-42(95(80,81)82)30-44(46)56(78)79/h3-30,51-52H,1-2H3,(H,76,77)(H,78,79)(H,80,81,82)(H,83,84,85)(H,86,87,88)(H,89,90,91)(H,92,93,94)(H3,60,61,62,63,64,65). The topological polar surface area (TPSA) is 546 Å². The van der Waals surface area contributed by atoms with E-state index in [-0.39, 0.29) is 84.5 Å². The largest absolute Gasteiger partial charge is 0.478 e. The number of carbonyl (C=O) groups excluding carboxylic acids is 2. The Kier molecular flexibility index (Phi) is 19.5. The van der Waals surface area contributed by atoms with Gasteiger partial charge in [-0.3, -0.25) is 47.3 Å². The quantitative estimate of drug-likeness (QED) is 0.0207. The third-order valence-corrected chi connectivity index (χ3v) is 18.5. The number of rotatable bonds is 20. The fraction of sp³-hybridized carbons (Fsp3) is 0.0678. The van der Waals surface area contributed by atoms with Crippen LogP contribution in [0.15, 0.2) is 216 Å². The molecule has 0 radical (unpaired) electrons. The number of nitrogens with zero attached hydrogens (tertiary/aromatic N) is 11. The van der Waals surface area contributed by atoms with Gasteiger partial charge in [0, 0.05) is 0 Å². The molecule has 0 fully saturated rings. The second-order valence-electron chi connectivity index (χ2n) is 20.8. The lowest BCUT2D eigenvalue weighted by Crippen LogP contribution is -2.36. The van der Waals surface area contributed by atoms with Crippen LogP contribution < -0.4 is 26.9 Å². The number of hydrazone groups is 2. The van der Waals surface area contributed by atoms with Crippen LogP contribution >= 0.6 is 0 Å². The number of benzene rings is 7. The number of hydrogen-bond donors (Lipinski definition) is 10. The van der Waals surface area contributed by atoms with Gasteiger partial charge in [-0.2, -0.15) is 82.8 Å². The van der Waals surface area contributed by atoms with E-state index in [1.807, 2.05) is 0 Å². The van der Waals surface area contributed by atoms with Gasteiger partial charge in [-0.1, -0.05) is 78.9 Å². The van der Waals surface area contributed by atoms with Gasteiger partial charge in [-0.05, 0) is 127 Å². The smallest absolute Gasteiger partial charge is 0.338 e. The Morgan fingerprint density at radius 2 is 0.788 bits per heavy atom. The summed E-state index contributed by atoms with van der Waals surface area (Å²) >= 11 is 0. The molecule has 2 aliphatic heterocycles. The second-order valence-corrected chi connectivity index (χ2v) is 27.8. The zero-order chi connectivity index (χ0) is 71.7.